The summed E-state index contributed by atoms with van der Waals surface area (Å²) in [6.45, 7) is 3.91. The molecule has 7 heteroatoms. The van der Waals surface area contributed by atoms with E-state index < -0.39 is 0 Å². The normalized spacial score (nSPS) is 10.6. The van der Waals surface area contributed by atoms with Crippen LogP contribution in [0.3, 0.4) is 0 Å². The van der Waals surface area contributed by atoms with Gasteiger partial charge in [0, 0.05) is 0 Å². The highest BCUT2D eigenvalue weighted by atomic mass is 19.1. The summed E-state index contributed by atoms with van der Waals surface area (Å²) in [5, 5.41) is 13.9. The predicted octanol–water partition coefficient (Wildman–Crippen LogP) is 4.33. The molecule has 0 radical (unpaired) electrons. The van der Waals surface area contributed by atoms with Crippen molar-refractivity contribution in [2.45, 2.75) is 26.4 Å². The van der Waals surface area contributed by atoms with Gasteiger partial charge in [0.05, 0.1) is 18.2 Å². The van der Waals surface area contributed by atoms with E-state index in [1.54, 1.807) is 24.3 Å². The summed E-state index contributed by atoms with van der Waals surface area (Å²) in [7, 11) is 0. The number of carbonyl (C=O) groups is 1. The van der Waals surface area contributed by atoms with Crippen molar-refractivity contribution in [2.24, 2.45) is 0 Å². The molecule has 0 atom stereocenters. The second-order valence-corrected chi connectivity index (χ2v) is 6.45. The van der Waals surface area contributed by atoms with Crippen LogP contribution in [0.15, 0.2) is 60.7 Å². The minimum absolute atomic E-state index is 0.0460. The molecule has 2 N–H and O–H groups in total. The van der Waals surface area contributed by atoms with Crippen LogP contribution in [0.4, 0.5) is 21.7 Å². The third-order valence-electron chi connectivity index (χ3n) is 3.70. The number of nitrogens with one attached hydrogen (secondary N) is 2. The van der Waals surface area contributed by atoms with E-state index in [-0.39, 0.29) is 24.2 Å². The number of halogens is 1. The first-order chi connectivity index (χ1) is 13.5. The summed E-state index contributed by atoms with van der Waals surface area (Å²) in [5.41, 5.74) is 1.36. The SMILES string of the molecule is CC(C)Oc1ccccc1Nc1ccc(NC(=O)Cc2cccc(F)c2)nn1. The molecule has 6 nitrogen and oxygen atoms in total. The van der Waals surface area contributed by atoms with Crippen LogP contribution in [0, 0.1) is 5.82 Å². The van der Waals surface area contributed by atoms with E-state index in [9.17, 15) is 9.18 Å². The maximum Gasteiger partial charge on any atom is 0.229 e. The van der Waals surface area contributed by atoms with E-state index in [0.29, 0.717) is 22.9 Å². The Balaban J connectivity index is 1.62. The summed E-state index contributed by atoms with van der Waals surface area (Å²) in [5.74, 6) is 0.881. The van der Waals surface area contributed by atoms with Gasteiger partial charge < -0.3 is 15.4 Å². The van der Waals surface area contributed by atoms with Gasteiger partial charge in [-0.15, -0.1) is 10.2 Å². The van der Waals surface area contributed by atoms with Crippen molar-refractivity contribution in [1.29, 1.82) is 0 Å². The molecule has 3 aromatic rings. The van der Waals surface area contributed by atoms with E-state index in [1.165, 1.54) is 12.1 Å². The fraction of sp³-hybridized carbons (Fsp3) is 0.190. The summed E-state index contributed by atoms with van der Waals surface area (Å²) in [6, 6.07) is 16.8. The summed E-state index contributed by atoms with van der Waals surface area (Å²) < 4.78 is 19.0. The minimum atomic E-state index is -0.373. The van der Waals surface area contributed by atoms with Crippen molar-refractivity contribution < 1.29 is 13.9 Å². The number of para-hydroxylation sites is 2. The van der Waals surface area contributed by atoms with Gasteiger partial charge in [-0.3, -0.25) is 4.79 Å². The molecule has 1 heterocycles. The van der Waals surface area contributed by atoms with Gasteiger partial charge in [-0.25, -0.2) is 4.39 Å². The maximum absolute atomic E-state index is 13.2. The van der Waals surface area contributed by atoms with E-state index in [1.807, 2.05) is 38.1 Å². The zero-order valence-electron chi connectivity index (χ0n) is 15.6. The van der Waals surface area contributed by atoms with Gasteiger partial charge in [-0.05, 0) is 55.8 Å². The van der Waals surface area contributed by atoms with E-state index in [2.05, 4.69) is 20.8 Å². The van der Waals surface area contributed by atoms with Crippen molar-refractivity contribution in [3.05, 3.63) is 72.0 Å². The van der Waals surface area contributed by atoms with Crippen molar-refractivity contribution >= 4 is 23.2 Å². The lowest BCUT2D eigenvalue weighted by molar-refractivity contribution is -0.115. The Morgan fingerprint density at radius 2 is 1.79 bits per heavy atom. The Bertz CT molecular complexity index is 945. The molecule has 0 aliphatic carbocycles. The molecular formula is C21H21FN4O2. The van der Waals surface area contributed by atoms with Gasteiger partial charge in [0.2, 0.25) is 5.91 Å². The molecule has 0 aliphatic rings. The lowest BCUT2D eigenvalue weighted by Gasteiger charge is -2.15. The molecule has 28 heavy (non-hydrogen) atoms. The van der Waals surface area contributed by atoms with Crippen LogP contribution >= 0.6 is 0 Å². The highest BCUT2D eigenvalue weighted by molar-refractivity contribution is 5.91. The van der Waals surface area contributed by atoms with Gasteiger partial charge in [0.1, 0.15) is 11.6 Å². The first kappa shape index (κ1) is 19.3. The number of anilines is 3. The molecule has 3 rings (SSSR count). The van der Waals surface area contributed by atoms with Crippen molar-refractivity contribution in [3.8, 4) is 5.75 Å². The average Bonchev–Trinajstić information content (AvgIpc) is 2.64. The second-order valence-electron chi connectivity index (χ2n) is 6.45. The fourth-order valence-electron chi connectivity index (χ4n) is 2.55. The summed E-state index contributed by atoms with van der Waals surface area (Å²) in [4.78, 5) is 12.1. The zero-order chi connectivity index (χ0) is 19.9. The number of hydrogen-bond acceptors (Lipinski definition) is 5. The minimum Gasteiger partial charge on any atom is -0.489 e. The highest BCUT2D eigenvalue weighted by Crippen LogP contribution is 2.27. The first-order valence-electron chi connectivity index (χ1n) is 8.90. The zero-order valence-corrected chi connectivity index (χ0v) is 15.6. The number of benzene rings is 2. The number of hydrogen-bond donors (Lipinski definition) is 2. The van der Waals surface area contributed by atoms with Crippen LogP contribution in [-0.2, 0) is 11.2 Å². The average molecular weight is 380 g/mol. The molecule has 144 valence electrons. The van der Waals surface area contributed by atoms with Crippen LogP contribution in [0.1, 0.15) is 19.4 Å². The Morgan fingerprint density at radius 3 is 2.50 bits per heavy atom. The van der Waals surface area contributed by atoms with Crippen LogP contribution in [0.2, 0.25) is 0 Å². The molecule has 0 saturated heterocycles. The summed E-state index contributed by atoms with van der Waals surface area (Å²) >= 11 is 0. The number of rotatable bonds is 7. The van der Waals surface area contributed by atoms with Crippen LogP contribution < -0.4 is 15.4 Å². The molecule has 1 aromatic heterocycles. The standard InChI is InChI=1S/C21H21FN4O2/c1-14(2)28-18-9-4-3-8-17(18)23-19-10-11-20(26-25-19)24-21(27)13-15-6-5-7-16(22)12-15/h3-12,14H,13H2,1-2H3,(H,23,25)(H,24,26,27). The molecular weight excluding hydrogens is 359 g/mol. The fourth-order valence-corrected chi connectivity index (χ4v) is 2.55. The third kappa shape index (κ3) is 5.51. The number of amides is 1. The molecule has 0 fully saturated rings. The monoisotopic (exact) mass is 380 g/mol. The Morgan fingerprint density at radius 1 is 1.04 bits per heavy atom. The number of aromatic nitrogens is 2. The lowest BCUT2D eigenvalue weighted by atomic mass is 10.1. The van der Waals surface area contributed by atoms with E-state index in [0.717, 1.165) is 5.69 Å². The first-order valence-corrected chi connectivity index (χ1v) is 8.90. The van der Waals surface area contributed by atoms with Crippen LogP contribution in [0.5, 0.6) is 5.75 Å². The van der Waals surface area contributed by atoms with Crippen LogP contribution in [-0.4, -0.2) is 22.2 Å². The topological polar surface area (TPSA) is 76.1 Å². The molecule has 1 amide bonds. The van der Waals surface area contributed by atoms with Crippen LogP contribution in [0.25, 0.3) is 0 Å². The van der Waals surface area contributed by atoms with Gasteiger partial charge in [-0.2, -0.15) is 0 Å². The Hall–Kier alpha value is -3.48. The molecule has 0 bridgehead atoms. The molecule has 2 aromatic carbocycles. The van der Waals surface area contributed by atoms with Crippen molar-refractivity contribution in [3.63, 3.8) is 0 Å². The third-order valence-corrected chi connectivity index (χ3v) is 3.70. The maximum atomic E-state index is 13.2. The van der Waals surface area contributed by atoms with Crippen molar-refractivity contribution in [2.75, 3.05) is 10.6 Å². The summed E-state index contributed by atoms with van der Waals surface area (Å²) in [6.07, 6.45) is 0.101. The Kier molecular flexibility index (Phi) is 6.16. The predicted molar refractivity (Wildman–Crippen MR) is 106 cm³/mol. The quantitative estimate of drug-likeness (QED) is 0.638. The number of nitrogens with zero attached hydrogens (tertiary/aromatic N) is 2. The molecule has 0 saturated carbocycles. The van der Waals surface area contributed by atoms with Crippen molar-refractivity contribution in [1.82, 2.24) is 10.2 Å². The molecule has 0 aliphatic heterocycles. The molecule has 0 unspecified atom stereocenters. The smallest absolute Gasteiger partial charge is 0.229 e. The van der Waals surface area contributed by atoms with E-state index >= 15 is 0 Å². The highest BCUT2D eigenvalue weighted by Gasteiger charge is 2.08. The second kappa shape index (κ2) is 8.94. The number of carbonyl (C=O) groups excluding carboxylic acids is 1. The van der Waals surface area contributed by atoms with Gasteiger partial charge in [0.25, 0.3) is 0 Å². The van der Waals surface area contributed by atoms with Gasteiger partial charge in [0.15, 0.2) is 11.6 Å². The van der Waals surface area contributed by atoms with Gasteiger partial charge >= 0.3 is 0 Å². The largest absolute Gasteiger partial charge is 0.489 e. The van der Waals surface area contributed by atoms with Gasteiger partial charge in [-0.1, -0.05) is 24.3 Å². The Labute approximate surface area is 162 Å². The molecule has 0 spiro atoms. The number of ether oxygens (including phenoxy) is 1. The lowest BCUT2D eigenvalue weighted by Crippen LogP contribution is -2.16. The van der Waals surface area contributed by atoms with E-state index in [4.69, 9.17) is 4.74 Å².